The minimum absolute atomic E-state index is 0.479. The van der Waals surface area contributed by atoms with Crippen molar-refractivity contribution < 1.29 is 9.52 Å². The number of aliphatic hydroxyl groups excluding tert-OH is 1. The number of benzene rings is 1. The van der Waals surface area contributed by atoms with Crippen LogP contribution in [0.1, 0.15) is 29.9 Å². The first-order valence-electron chi connectivity index (χ1n) is 8.93. The fourth-order valence-corrected chi connectivity index (χ4v) is 4.17. The van der Waals surface area contributed by atoms with Crippen LogP contribution in [0, 0.1) is 0 Å². The molecule has 0 amide bonds. The summed E-state index contributed by atoms with van der Waals surface area (Å²) in [4.78, 5) is 0. The number of nitrogens with zero attached hydrogens (tertiary/aromatic N) is 1. The molecule has 1 aliphatic carbocycles. The van der Waals surface area contributed by atoms with Crippen molar-refractivity contribution >= 4 is 22.5 Å². The smallest absolute Gasteiger partial charge is 0.117 e. The summed E-state index contributed by atoms with van der Waals surface area (Å²) in [5, 5.41) is 15.8. The van der Waals surface area contributed by atoms with Gasteiger partial charge in [-0.15, -0.1) is 0 Å². The minimum atomic E-state index is -0.479. The van der Waals surface area contributed by atoms with Crippen molar-refractivity contribution in [1.29, 1.82) is 0 Å². The molecule has 0 spiro atoms. The van der Waals surface area contributed by atoms with Crippen molar-refractivity contribution in [3.63, 3.8) is 0 Å². The molecule has 0 fully saturated rings. The summed E-state index contributed by atoms with van der Waals surface area (Å²) in [5.74, 6) is 0.874. The highest BCUT2D eigenvalue weighted by Gasteiger charge is 2.22. The quantitative estimate of drug-likeness (QED) is 0.702. The van der Waals surface area contributed by atoms with Crippen LogP contribution in [0.15, 0.2) is 41.0 Å². The van der Waals surface area contributed by atoms with Gasteiger partial charge in [-0.3, -0.25) is 0 Å². The number of rotatable bonds is 6. The third kappa shape index (κ3) is 3.34. The van der Waals surface area contributed by atoms with Crippen LogP contribution in [-0.4, -0.2) is 22.3 Å². The molecule has 1 aromatic carbocycles. The minimum Gasteiger partial charge on any atom is -0.468 e. The molecule has 0 unspecified atom stereocenters. The molecule has 4 nitrogen and oxygen atoms in total. The molecular weight excluding hydrogens is 336 g/mol. The van der Waals surface area contributed by atoms with E-state index in [1.54, 1.807) is 6.26 Å². The van der Waals surface area contributed by atoms with Crippen LogP contribution >= 0.6 is 11.6 Å². The molecule has 0 aliphatic heterocycles. The first kappa shape index (κ1) is 16.7. The van der Waals surface area contributed by atoms with Crippen LogP contribution in [0.2, 0.25) is 5.02 Å². The highest BCUT2D eigenvalue weighted by molar-refractivity contribution is 6.35. The number of furan rings is 1. The molecule has 0 saturated heterocycles. The highest BCUT2D eigenvalue weighted by atomic mass is 35.5. The average Bonchev–Trinajstić information content (AvgIpc) is 3.23. The fraction of sp³-hybridized carbons (Fsp3) is 0.400. The predicted octanol–water partition coefficient (Wildman–Crippen LogP) is 3.92. The van der Waals surface area contributed by atoms with E-state index in [9.17, 15) is 5.11 Å². The number of halogens is 1. The summed E-state index contributed by atoms with van der Waals surface area (Å²) < 4.78 is 7.54. The van der Waals surface area contributed by atoms with Gasteiger partial charge in [0, 0.05) is 17.6 Å². The molecule has 0 saturated carbocycles. The molecule has 1 aliphatic rings. The maximum Gasteiger partial charge on any atom is 0.117 e. The van der Waals surface area contributed by atoms with Gasteiger partial charge >= 0.3 is 0 Å². The highest BCUT2D eigenvalue weighted by Crippen LogP contribution is 2.35. The lowest BCUT2D eigenvalue weighted by Crippen LogP contribution is -2.30. The Bertz CT molecular complexity index is 854. The Morgan fingerprint density at radius 3 is 2.92 bits per heavy atom. The Morgan fingerprint density at radius 2 is 2.08 bits per heavy atom. The molecule has 2 N–H and O–H groups in total. The van der Waals surface area contributed by atoms with E-state index in [4.69, 9.17) is 16.0 Å². The number of fused-ring (bicyclic) bond motifs is 3. The monoisotopic (exact) mass is 358 g/mol. The van der Waals surface area contributed by atoms with Gasteiger partial charge in [0.2, 0.25) is 0 Å². The van der Waals surface area contributed by atoms with Gasteiger partial charge in [-0.05, 0) is 49.4 Å². The predicted molar refractivity (Wildman–Crippen MR) is 100 cm³/mol. The van der Waals surface area contributed by atoms with Crippen molar-refractivity contribution in [2.45, 2.75) is 44.9 Å². The van der Waals surface area contributed by atoms with E-state index in [0.717, 1.165) is 29.1 Å². The average molecular weight is 359 g/mol. The molecule has 25 heavy (non-hydrogen) atoms. The normalized spacial score (nSPS) is 15.4. The number of nitrogens with one attached hydrogen (secondary N) is 1. The molecular formula is C20H23ClN2O2. The van der Waals surface area contributed by atoms with Gasteiger partial charge < -0.3 is 19.4 Å². The summed E-state index contributed by atoms with van der Waals surface area (Å²) in [6, 6.07) is 9.91. The van der Waals surface area contributed by atoms with Crippen LogP contribution in [0.5, 0.6) is 0 Å². The Morgan fingerprint density at radius 1 is 1.20 bits per heavy atom. The maximum atomic E-state index is 10.5. The lowest BCUT2D eigenvalue weighted by atomic mass is 9.95. The van der Waals surface area contributed by atoms with Gasteiger partial charge in [0.15, 0.2) is 0 Å². The first-order chi connectivity index (χ1) is 12.2. The topological polar surface area (TPSA) is 50.3 Å². The lowest BCUT2D eigenvalue weighted by Gasteiger charge is -2.19. The maximum absolute atomic E-state index is 10.5. The first-order valence-corrected chi connectivity index (χ1v) is 9.31. The van der Waals surface area contributed by atoms with E-state index < -0.39 is 6.10 Å². The second-order valence-electron chi connectivity index (χ2n) is 6.74. The van der Waals surface area contributed by atoms with Crippen LogP contribution in [-0.2, 0) is 25.9 Å². The van der Waals surface area contributed by atoms with Crippen molar-refractivity contribution in [3.05, 3.63) is 58.6 Å². The van der Waals surface area contributed by atoms with Crippen LogP contribution < -0.4 is 5.32 Å². The number of aromatic nitrogens is 1. The molecule has 132 valence electrons. The van der Waals surface area contributed by atoms with Gasteiger partial charge in [-0.1, -0.05) is 23.7 Å². The largest absolute Gasteiger partial charge is 0.468 e. The van der Waals surface area contributed by atoms with Gasteiger partial charge in [0.05, 0.1) is 36.0 Å². The molecule has 4 rings (SSSR count). The summed E-state index contributed by atoms with van der Waals surface area (Å²) in [6.07, 6.45) is 5.78. The molecule has 5 heteroatoms. The number of para-hydroxylation sites is 1. The molecule has 1 atom stereocenters. The van der Waals surface area contributed by atoms with E-state index >= 15 is 0 Å². The van der Waals surface area contributed by atoms with E-state index in [0.29, 0.717) is 19.6 Å². The van der Waals surface area contributed by atoms with E-state index in [1.807, 2.05) is 24.3 Å². The van der Waals surface area contributed by atoms with Gasteiger partial charge in [-0.25, -0.2) is 0 Å². The van der Waals surface area contributed by atoms with E-state index in [2.05, 4.69) is 16.0 Å². The summed E-state index contributed by atoms with van der Waals surface area (Å²) in [7, 11) is 0. The SMILES string of the molecule is O[C@H](CNCc1ccco1)Cn1c2c(c3cccc(Cl)c31)CCCC2. The molecule has 0 radical (unpaired) electrons. The van der Waals surface area contributed by atoms with Crippen LogP contribution in [0.25, 0.3) is 10.9 Å². The molecule has 2 aromatic heterocycles. The summed E-state index contributed by atoms with van der Waals surface area (Å²) >= 11 is 6.51. The summed E-state index contributed by atoms with van der Waals surface area (Å²) in [5.41, 5.74) is 3.83. The zero-order chi connectivity index (χ0) is 17.2. The second kappa shape index (κ2) is 7.24. The van der Waals surface area contributed by atoms with Crippen molar-refractivity contribution in [2.24, 2.45) is 0 Å². The van der Waals surface area contributed by atoms with Gasteiger partial charge in [-0.2, -0.15) is 0 Å². The van der Waals surface area contributed by atoms with Crippen molar-refractivity contribution in [2.75, 3.05) is 6.54 Å². The number of hydrogen-bond donors (Lipinski definition) is 2. The molecule has 3 aromatic rings. The Labute approximate surface area is 152 Å². The third-order valence-electron chi connectivity index (χ3n) is 5.00. The van der Waals surface area contributed by atoms with Gasteiger partial charge in [0.25, 0.3) is 0 Å². The number of hydrogen-bond acceptors (Lipinski definition) is 3. The third-order valence-corrected chi connectivity index (χ3v) is 5.30. The lowest BCUT2D eigenvalue weighted by molar-refractivity contribution is 0.150. The zero-order valence-electron chi connectivity index (χ0n) is 14.2. The molecule has 2 heterocycles. The second-order valence-corrected chi connectivity index (χ2v) is 7.15. The summed E-state index contributed by atoms with van der Waals surface area (Å²) in [6.45, 7) is 1.69. The van der Waals surface area contributed by atoms with Gasteiger partial charge in [0.1, 0.15) is 5.76 Å². The van der Waals surface area contributed by atoms with Crippen molar-refractivity contribution in [3.8, 4) is 0 Å². The van der Waals surface area contributed by atoms with E-state index in [-0.39, 0.29) is 0 Å². The van der Waals surface area contributed by atoms with Crippen LogP contribution in [0.3, 0.4) is 0 Å². The zero-order valence-corrected chi connectivity index (χ0v) is 14.9. The fourth-order valence-electron chi connectivity index (χ4n) is 3.90. The number of aliphatic hydroxyl groups is 1. The Hall–Kier alpha value is -1.75. The Balaban J connectivity index is 1.54. The number of aryl methyl sites for hydroxylation is 1. The molecule has 0 bridgehead atoms. The standard InChI is InChI=1S/C20H23ClN2O2/c21-18-8-3-7-17-16-6-1-2-9-19(16)23(20(17)18)13-14(24)11-22-12-15-5-4-10-25-15/h3-5,7-8,10,14,22,24H,1-2,6,9,11-13H2/t14-/m1/s1. The Kier molecular flexibility index (Phi) is 4.84. The van der Waals surface area contributed by atoms with Crippen molar-refractivity contribution in [1.82, 2.24) is 9.88 Å². The van der Waals surface area contributed by atoms with Crippen LogP contribution in [0.4, 0.5) is 0 Å². The van der Waals surface area contributed by atoms with E-state index in [1.165, 1.54) is 29.5 Å².